The molecule has 0 saturated carbocycles. The van der Waals surface area contributed by atoms with Crippen molar-refractivity contribution in [1.82, 2.24) is 19.7 Å². The van der Waals surface area contributed by atoms with Gasteiger partial charge in [0.05, 0.1) is 17.9 Å². The Bertz CT molecular complexity index is 1060. The summed E-state index contributed by atoms with van der Waals surface area (Å²) in [6.45, 7) is 0. The van der Waals surface area contributed by atoms with Gasteiger partial charge < -0.3 is 0 Å². The highest BCUT2D eigenvalue weighted by atomic mass is 79.9. The van der Waals surface area contributed by atoms with Gasteiger partial charge in [0.25, 0.3) is 0 Å². The third kappa shape index (κ3) is 3.78. The Kier molecular flexibility index (Phi) is 5.02. The van der Waals surface area contributed by atoms with E-state index in [2.05, 4.69) is 31.4 Å². The first-order valence-corrected chi connectivity index (χ1v) is 10.6. The average molecular weight is 464 g/mol. The maximum absolute atomic E-state index is 12.2. The number of imidazole rings is 1. The number of benzene rings is 1. The van der Waals surface area contributed by atoms with Crippen LogP contribution >= 0.6 is 39.0 Å². The van der Waals surface area contributed by atoms with E-state index in [9.17, 15) is 9.59 Å². The van der Waals surface area contributed by atoms with Crippen molar-refractivity contribution in [3.8, 4) is 11.3 Å². The van der Waals surface area contributed by atoms with Crippen molar-refractivity contribution in [1.29, 1.82) is 0 Å². The fourth-order valence-electron chi connectivity index (χ4n) is 2.56. The Morgan fingerprint density at radius 3 is 2.85 bits per heavy atom. The van der Waals surface area contributed by atoms with Gasteiger partial charge in [-0.15, -0.1) is 16.4 Å². The number of hydrogen-bond donors (Lipinski definition) is 1. The minimum Gasteiger partial charge on any atom is -0.294 e. The maximum Gasteiger partial charge on any atom is 0.246 e. The summed E-state index contributed by atoms with van der Waals surface area (Å²) in [5.41, 5.74) is 5.24. The van der Waals surface area contributed by atoms with Crippen molar-refractivity contribution in [2.24, 2.45) is 5.10 Å². The molecule has 1 aromatic carbocycles. The molecule has 1 aliphatic rings. The highest BCUT2D eigenvalue weighted by molar-refractivity contribution is 9.10. The van der Waals surface area contributed by atoms with E-state index in [1.165, 1.54) is 28.0 Å². The number of carbonyl (C=O) groups is 2. The fraction of sp³-hybridized carbons (Fsp3) is 0.176. The number of amidine groups is 1. The molecular weight excluding hydrogens is 450 g/mol. The molecule has 0 radical (unpaired) electrons. The zero-order valence-electron chi connectivity index (χ0n) is 14.2. The number of hydrazone groups is 1. The van der Waals surface area contributed by atoms with Gasteiger partial charge in [0.15, 0.2) is 10.1 Å². The number of thioether (sulfide) groups is 1. The molecule has 0 aliphatic carbocycles. The predicted molar refractivity (Wildman–Crippen MR) is 111 cm³/mol. The van der Waals surface area contributed by atoms with Gasteiger partial charge in [0.2, 0.25) is 11.8 Å². The summed E-state index contributed by atoms with van der Waals surface area (Å²) >= 11 is 6.22. The van der Waals surface area contributed by atoms with E-state index in [1.807, 2.05) is 40.2 Å². The van der Waals surface area contributed by atoms with E-state index in [4.69, 9.17) is 0 Å². The first-order chi connectivity index (χ1) is 13.0. The number of rotatable bonds is 4. The monoisotopic (exact) mass is 463 g/mol. The van der Waals surface area contributed by atoms with Gasteiger partial charge in [-0.2, -0.15) is 0 Å². The van der Waals surface area contributed by atoms with E-state index < -0.39 is 0 Å². The van der Waals surface area contributed by atoms with E-state index in [0.29, 0.717) is 10.9 Å². The molecule has 1 aliphatic heterocycles. The number of nitrogens with one attached hydrogen (secondary N) is 1. The number of carbonyl (C=O) groups excluding carboxylic acids is 2. The number of fused-ring (bicyclic) bond motifs is 1. The standard InChI is InChI=1S/C17H14BrN5O2S2/c1-22-15(25)9-27-17(22)21-20-14(24)6-12-8-26-16-19-13(7-23(12)16)10-2-4-11(18)5-3-10/h2-5,7-8H,6,9H2,1H3,(H,20,24)/b21-17+. The van der Waals surface area contributed by atoms with Crippen LogP contribution in [-0.2, 0) is 16.0 Å². The summed E-state index contributed by atoms with van der Waals surface area (Å²) in [5, 5.41) is 6.46. The predicted octanol–water partition coefficient (Wildman–Crippen LogP) is 2.96. The first kappa shape index (κ1) is 18.2. The van der Waals surface area contributed by atoms with Crippen LogP contribution in [0.4, 0.5) is 0 Å². The summed E-state index contributed by atoms with van der Waals surface area (Å²) in [6.07, 6.45) is 2.11. The number of nitrogens with zero attached hydrogens (tertiary/aromatic N) is 4. The lowest BCUT2D eigenvalue weighted by molar-refractivity contribution is -0.123. The number of halogens is 1. The van der Waals surface area contributed by atoms with E-state index in [1.54, 1.807) is 7.05 Å². The van der Waals surface area contributed by atoms with Crippen molar-refractivity contribution in [2.45, 2.75) is 6.42 Å². The van der Waals surface area contributed by atoms with Gasteiger partial charge in [0, 0.05) is 34.4 Å². The lowest BCUT2D eigenvalue weighted by Crippen LogP contribution is -2.28. The minimum atomic E-state index is -0.241. The molecule has 1 saturated heterocycles. The third-order valence-electron chi connectivity index (χ3n) is 4.03. The highest BCUT2D eigenvalue weighted by Crippen LogP contribution is 2.25. The molecule has 138 valence electrons. The summed E-state index contributed by atoms with van der Waals surface area (Å²) in [5.74, 6) is 0.0883. The molecule has 27 heavy (non-hydrogen) atoms. The number of aromatic nitrogens is 2. The maximum atomic E-state index is 12.2. The average Bonchev–Trinajstić information content (AvgIpc) is 3.32. The highest BCUT2D eigenvalue weighted by Gasteiger charge is 2.24. The summed E-state index contributed by atoms with van der Waals surface area (Å²) < 4.78 is 2.94. The largest absolute Gasteiger partial charge is 0.294 e. The molecule has 7 nitrogen and oxygen atoms in total. The Hall–Kier alpha value is -2.17. The summed E-state index contributed by atoms with van der Waals surface area (Å²) in [4.78, 5) is 30.6. The molecule has 3 heterocycles. The second-order valence-corrected chi connectivity index (χ2v) is 8.55. The van der Waals surface area contributed by atoms with Crippen molar-refractivity contribution in [3.05, 3.63) is 46.0 Å². The third-order valence-corrected chi connectivity index (χ3v) is 6.46. The van der Waals surface area contributed by atoms with Gasteiger partial charge in [0.1, 0.15) is 0 Å². The van der Waals surface area contributed by atoms with Gasteiger partial charge in [-0.1, -0.05) is 39.8 Å². The first-order valence-electron chi connectivity index (χ1n) is 7.98. The molecule has 10 heteroatoms. The molecule has 2 amide bonds. The number of amides is 2. The van der Waals surface area contributed by atoms with Crippen LogP contribution in [0.3, 0.4) is 0 Å². The molecule has 1 fully saturated rings. The van der Waals surface area contributed by atoms with Gasteiger partial charge >= 0.3 is 0 Å². The normalized spacial score (nSPS) is 15.9. The van der Waals surface area contributed by atoms with Crippen LogP contribution in [0.5, 0.6) is 0 Å². The Morgan fingerprint density at radius 2 is 2.15 bits per heavy atom. The van der Waals surface area contributed by atoms with Gasteiger partial charge in [-0.05, 0) is 12.1 Å². The topological polar surface area (TPSA) is 79.1 Å². The fourth-order valence-corrected chi connectivity index (χ4v) is 4.55. The Balaban J connectivity index is 1.49. The van der Waals surface area contributed by atoms with Crippen LogP contribution in [0.25, 0.3) is 16.2 Å². The SMILES string of the molecule is CN1C(=O)CS/C1=N/NC(=O)Cc1csc2nc(-c3ccc(Br)cc3)cn12. The molecule has 0 unspecified atom stereocenters. The smallest absolute Gasteiger partial charge is 0.246 e. The molecule has 3 aromatic rings. The van der Waals surface area contributed by atoms with Crippen LogP contribution in [0, 0.1) is 0 Å². The Morgan fingerprint density at radius 1 is 1.37 bits per heavy atom. The molecule has 4 rings (SSSR count). The van der Waals surface area contributed by atoms with Crippen LogP contribution in [0.15, 0.2) is 45.4 Å². The lowest BCUT2D eigenvalue weighted by Gasteiger charge is -2.07. The minimum absolute atomic E-state index is 0.0218. The van der Waals surface area contributed by atoms with Crippen LogP contribution in [-0.4, -0.2) is 44.1 Å². The number of hydrogen-bond acceptors (Lipinski definition) is 6. The van der Waals surface area contributed by atoms with E-state index in [-0.39, 0.29) is 18.2 Å². The second kappa shape index (κ2) is 7.45. The molecule has 2 aromatic heterocycles. The van der Waals surface area contributed by atoms with E-state index >= 15 is 0 Å². The molecular formula is C17H14BrN5O2S2. The zero-order valence-corrected chi connectivity index (χ0v) is 17.4. The van der Waals surface area contributed by atoms with Crippen LogP contribution in [0.1, 0.15) is 5.69 Å². The number of thiazole rings is 1. The molecule has 0 spiro atoms. The van der Waals surface area contributed by atoms with Crippen molar-refractivity contribution in [2.75, 3.05) is 12.8 Å². The van der Waals surface area contributed by atoms with Crippen LogP contribution < -0.4 is 5.43 Å². The quantitative estimate of drug-likeness (QED) is 0.603. The van der Waals surface area contributed by atoms with Crippen molar-refractivity contribution < 1.29 is 9.59 Å². The van der Waals surface area contributed by atoms with Gasteiger partial charge in [-0.3, -0.25) is 18.9 Å². The van der Waals surface area contributed by atoms with Crippen LogP contribution in [0.2, 0.25) is 0 Å². The molecule has 1 N–H and O–H groups in total. The molecule has 0 bridgehead atoms. The molecule has 0 atom stereocenters. The summed E-state index contributed by atoms with van der Waals surface area (Å²) in [7, 11) is 1.64. The zero-order chi connectivity index (χ0) is 19.0. The van der Waals surface area contributed by atoms with E-state index in [0.717, 1.165) is 26.4 Å². The Labute approximate surface area is 171 Å². The lowest BCUT2D eigenvalue weighted by atomic mass is 10.2. The van der Waals surface area contributed by atoms with Crippen molar-refractivity contribution >= 4 is 61.0 Å². The van der Waals surface area contributed by atoms with Gasteiger partial charge in [-0.25, -0.2) is 10.4 Å². The van der Waals surface area contributed by atoms with Crippen molar-refractivity contribution in [3.63, 3.8) is 0 Å². The summed E-state index contributed by atoms with van der Waals surface area (Å²) in [6, 6.07) is 7.93. The second-order valence-electron chi connectivity index (χ2n) is 5.86.